The van der Waals surface area contributed by atoms with Crippen molar-refractivity contribution in [2.24, 2.45) is 0 Å². The normalized spacial score (nSPS) is 10.4. The van der Waals surface area contributed by atoms with E-state index in [1.54, 1.807) is 49.0 Å². The van der Waals surface area contributed by atoms with Crippen molar-refractivity contribution in [1.29, 1.82) is 0 Å². The number of nitrogens with zero attached hydrogens (tertiary/aromatic N) is 2. The summed E-state index contributed by atoms with van der Waals surface area (Å²) in [5, 5.41) is 2.86. The highest BCUT2D eigenvalue weighted by Crippen LogP contribution is 2.28. The highest BCUT2D eigenvalue weighted by Gasteiger charge is 2.14. The number of nitrogens with one attached hydrogen (secondary N) is 1. The van der Waals surface area contributed by atoms with E-state index >= 15 is 0 Å². The monoisotopic (exact) mass is 367 g/mol. The number of hydrogen-bond acceptors (Lipinski definition) is 6. The Labute approximate surface area is 157 Å². The molecule has 3 rings (SSSR count). The first-order chi connectivity index (χ1) is 13.2. The third kappa shape index (κ3) is 4.44. The van der Waals surface area contributed by atoms with Crippen LogP contribution in [0.4, 0.5) is 0 Å². The van der Waals surface area contributed by atoms with Gasteiger partial charge < -0.3 is 19.2 Å². The van der Waals surface area contributed by atoms with Crippen LogP contribution in [0.3, 0.4) is 0 Å². The Morgan fingerprint density at radius 3 is 2.59 bits per heavy atom. The first kappa shape index (κ1) is 18.4. The summed E-state index contributed by atoms with van der Waals surface area (Å²) in [5.41, 5.74) is 1.70. The maximum absolute atomic E-state index is 12.6. The zero-order valence-corrected chi connectivity index (χ0v) is 15.3. The van der Waals surface area contributed by atoms with Crippen LogP contribution in [0.15, 0.2) is 53.4 Å². The highest BCUT2D eigenvalue weighted by atomic mass is 16.5. The fourth-order valence-corrected chi connectivity index (χ4v) is 2.57. The fourth-order valence-electron chi connectivity index (χ4n) is 2.57. The molecule has 0 unspecified atom stereocenters. The Kier molecular flexibility index (Phi) is 6.04. The second kappa shape index (κ2) is 8.84. The molecule has 1 aromatic carbocycles. The lowest BCUT2D eigenvalue weighted by molar-refractivity contribution is 0.0950. The molecule has 27 heavy (non-hydrogen) atoms. The van der Waals surface area contributed by atoms with Gasteiger partial charge in [-0.15, -0.1) is 0 Å². The molecular formula is C20H21N3O4. The van der Waals surface area contributed by atoms with Crippen molar-refractivity contribution < 1.29 is 18.7 Å². The number of benzene rings is 1. The van der Waals surface area contributed by atoms with Crippen LogP contribution < -0.4 is 14.8 Å². The summed E-state index contributed by atoms with van der Waals surface area (Å²) in [5.74, 6) is 1.52. The summed E-state index contributed by atoms with van der Waals surface area (Å²) < 4.78 is 16.5. The maximum atomic E-state index is 12.6. The van der Waals surface area contributed by atoms with E-state index < -0.39 is 0 Å². The molecule has 3 aromatic rings. The van der Waals surface area contributed by atoms with Crippen LogP contribution in [-0.2, 0) is 6.54 Å². The van der Waals surface area contributed by atoms with E-state index in [-0.39, 0.29) is 12.5 Å². The highest BCUT2D eigenvalue weighted by molar-refractivity contribution is 5.94. The van der Waals surface area contributed by atoms with Crippen molar-refractivity contribution in [3.63, 3.8) is 0 Å². The summed E-state index contributed by atoms with van der Waals surface area (Å²) in [6.07, 6.45) is 4.74. The van der Waals surface area contributed by atoms with Gasteiger partial charge in [-0.2, -0.15) is 0 Å². The molecular weight excluding hydrogens is 346 g/mol. The van der Waals surface area contributed by atoms with Crippen LogP contribution in [0.5, 0.6) is 11.5 Å². The molecule has 0 saturated heterocycles. The van der Waals surface area contributed by atoms with Crippen LogP contribution in [0.2, 0.25) is 0 Å². The van der Waals surface area contributed by atoms with Gasteiger partial charge in [0.2, 0.25) is 0 Å². The minimum atomic E-state index is -0.241. The third-order valence-electron chi connectivity index (χ3n) is 3.75. The minimum Gasteiger partial charge on any atom is -0.490 e. The lowest BCUT2D eigenvalue weighted by atomic mass is 10.1. The molecule has 2 aromatic heterocycles. The molecule has 0 aliphatic carbocycles. The number of amides is 1. The van der Waals surface area contributed by atoms with E-state index in [1.165, 1.54) is 0 Å². The number of rotatable bonds is 8. The van der Waals surface area contributed by atoms with Gasteiger partial charge in [-0.1, -0.05) is 0 Å². The van der Waals surface area contributed by atoms with Gasteiger partial charge in [0.1, 0.15) is 5.69 Å². The third-order valence-corrected chi connectivity index (χ3v) is 3.75. The first-order valence-electron chi connectivity index (χ1n) is 8.74. The van der Waals surface area contributed by atoms with Gasteiger partial charge in [-0.25, -0.2) is 4.98 Å². The second-order valence-corrected chi connectivity index (χ2v) is 5.54. The molecule has 0 radical (unpaired) electrons. The molecule has 7 nitrogen and oxygen atoms in total. The smallest absolute Gasteiger partial charge is 0.251 e. The SMILES string of the molecule is CCOc1ccc(C(=O)NCc2nccnc2-c2ccco2)cc1OCC. The molecule has 0 saturated carbocycles. The van der Waals surface area contributed by atoms with Crippen LogP contribution >= 0.6 is 0 Å². The molecule has 1 amide bonds. The second-order valence-electron chi connectivity index (χ2n) is 5.54. The first-order valence-corrected chi connectivity index (χ1v) is 8.74. The molecule has 1 N–H and O–H groups in total. The topological polar surface area (TPSA) is 86.5 Å². The van der Waals surface area contributed by atoms with E-state index in [9.17, 15) is 4.79 Å². The van der Waals surface area contributed by atoms with Gasteiger partial charge in [0, 0.05) is 18.0 Å². The van der Waals surface area contributed by atoms with E-state index in [4.69, 9.17) is 13.9 Å². The van der Waals surface area contributed by atoms with Crippen molar-refractivity contribution in [1.82, 2.24) is 15.3 Å². The zero-order valence-electron chi connectivity index (χ0n) is 15.3. The summed E-state index contributed by atoms with van der Waals surface area (Å²) >= 11 is 0. The molecule has 7 heteroatoms. The van der Waals surface area contributed by atoms with E-state index in [2.05, 4.69) is 15.3 Å². The van der Waals surface area contributed by atoms with Gasteiger partial charge >= 0.3 is 0 Å². The number of aromatic nitrogens is 2. The van der Waals surface area contributed by atoms with Gasteiger partial charge in [0.25, 0.3) is 5.91 Å². The summed E-state index contributed by atoms with van der Waals surface area (Å²) in [6, 6.07) is 8.69. The minimum absolute atomic E-state index is 0.222. The molecule has 0 atom stereocenters. The number of carbonyl (C=O) groups is 1. The Hall–Kier alpha value is -3.35. The Morgan fingerprint density at radius 1 is 1.07 bits per heavy atom. The van der Waals surface area contributed by atoms with Crippen LogP contribution in [0, 0.1) is 0 Å². The van der Waals surface area contributed by atoms with Crippen molar-refractivity contribution in [3.05, 3.63) is 60.2 Å². The zero-order chi connectivity index (χ0) is 19.1. The standard InChI is InChI=1S/C20H21N3O4/c1-3-25-16-8-7-14(12-18(16)26-4-2)20(24)23-13-15-19(22-10-9-21-15)17-6-5-11-27-17/h5-12H,3-4,13H2,1-2H3,(H,23,24). The predicted octanol–water partition coefficient (Wildman–Crippen LogP) is 3.46. The number of hydrogen-bond donors (Lipinski definition) is 1. The maximum Gasteiger partial charge on any atom is 0.251 e. The van der Waals surface area contributed by atoms with Gasteiger partial charge in [-0.05, 0) is 44.2 Å². The van der Waals surface area contributed by atoms with E-state index in [0.29, 0.717) is 47.4 Å². The number of carbonyl (C=O) groups excluding carboxylic acids is 1. The average molecular weight is 367 g/mol. The van der Waals surface area contributed by atoms with Crippen molar-refractivity contribution >= 4 is 5.91 Å². The van der Waals surface area contributed by atoms with Crippen molar-refractivity contribution in [2.75, 3.05) is 13.2 Å². The van der Waals surface area contributed by atoms with Crippen LogP contribution in [0.1, 0.15) is 29.9 Å². The van der Waals surface area contributed by atoms with Crippen molar-refractivity contribution in [2.45, 2.75) is 20.4 Å². The summed E-state index contributed by atoms with van der Waals surface area (Å²) in [7, 11) is 0. The molecule has 140 valence electrons. The van der Waals surface area contributed by atoms with Crippen LogP contribution in [0.25, 0.3) is 11.5 Å². The lowest BCUT2D eigenvalue weighted by Crippen LogP contribution is -2.24. The largest absolute Gasteiger partial charge is 0.490 e. The Bertz CT molecular complexity index is 894. The molecule has 0 spiro atoms. The van der Waals surface area contributed by atoms with E-state index in [1.807, 2.05) is 13.8 Å². The Balaban J connectivity index is 1.74. The Morgan fingerprint density at radius 2 is 1.85 bits per heavy atom. The van der Waals surface area contributed by atoms with Crippen LogP contribution in [-0.4, -0.2) is 29.1 Å². The summed E-state index contributed by atoms with van der Waals surface area (Å²) in [6.45, 7) is 5.01. The lowest BCUT2D eigenvalue weighted by Gasteiger charge is -2.12. The quantitative estimate of drug-likeness (QED) is 0.656. The summed E-state index contributed by atoms with van der Waals surface area (Å²) in [4.78, 5) is 21.2. The molecule has 0 aliphatic heterocycles. The molecule has 0 fully saturated rings. The number of furan rings is 1. The predicted molar refractivity (Wildman–Crippen MR) is 99.7 cm³/mol. The average Bonchev–Trinajstić information content (AvgIpc) is 3.22. The van der Waals surface area contributed by atoms with E-state index in [0.717, 1.165) is 0 Å². The molecule has 0 bridgehead atoms. The molecule has 0 aliphatic rings. The van der Waals surface area contributed by atoms with Gasteiger partial charge in [0.05, 0.1) is 31.7 Å². The van der Waals surface area contributed by atoms with Gasteiger partial charge in [0.15, 0.2) is 17.3 Å². The number of ether oxygens (including phenoxy) is 2. The molecule has 2 heterocycles. The van der Waals surface area contributed by atoms with Crippen molar-refractivity contribution in [3.8, 4) is 23.0 Å². The van der Waals surface area contributed by atoms with Gasteiger partial charge in [-0.3, -0.25) is 9.78 Å². The fraction of sp³-hybridized carbons (Fsp3) is 0.250.